The fourth-order valence-corrected chi connectivity index (χ4v) is 2.19. The molecule has 0 aliphatic heterocycles. The summed E-state index contributed by atoms with van der Waals surface area (Å²) < 4.78 is 18.2. The van der Waals surface area contributed by atoms with E-state index in [2.05, 4.69) is 9.97 Å². The van der Waals surface area contributed by atoms with E-state index in [0.717, 1.165) is 23.2 Å². The van der Waals surface area contributed by atoms with Crippen LogP contribution < -0.4 is 5.73 Å². The van der Waals surface area contributed by atoms with Gasteiger partial charge >= 0.3 is 5.97 Å². The Labute approximate surface area is 131 Å². The van der Waals surface area contributed by atoms with E-state index in [9.17, 15) is 9.18 Å². The van der Waals surface area contributed by atoms with Gasteiger partial charge in [-0.25, -0.2) is 19.2 Å². The van der Waals surface area contributed by atoms with Crippen LogP contribution in [0, 0.1) is 12.7 Å². The van der Waals surface area contributed by atoms with Gasteiger partial charge in [-0.2, -0.15) is 0 Å². The topological polar surface area (TPSA) is 78.1 Å². The minimum Gasteiger partial charge on any atom is -0.455 e. The van der Waals surface area contributed by atoms with E-state index in [1.165, 1.54) is 6.07 Å². The van der Waals surface area contributed by atoms with Gasteiger partial charge in [0, 0.05) is 5.69 Å². The van der Waals surface area contributed by atoms with E-state index in [1.807, 2.05) is 24.3 Å². The number of ether oxygens (including phenoxy) is 1. The van der Waals surface area contributed by atoms with E-state index in [1.54, 1.807) is 6.92 Å². The number of nitrogen functional groups attached to an aromatic ring is 1. The van der Waals surface area contributed by atoms with Crippen LogP contribution in [0.1, 0.15) is 21.7 Å². The predicted molar refractivity (Wildman–Crippen MR) is 84.2 cm³/mol. The molecule has 0 amide bonds. The second kappa shape index (κ2) is 6.00. The summed E-state index contributed by atoms with van der Waals surface area (Å²) in [5.41, 5.74) is 8.55. The number of esters is 1. The molecule has 0 radical (unpaired) electrons. The van der Waals surface area contributed by atoms with Crippen LogP contribution in [0.4, 0.5) is 10.1 Å². The highest BCUT2D eigenvalue weighted by molar-refractivity contribution is 5.95. The number of rotatable bonds is 3. The maximum atomic E-state index is 13.0. The quantitative estimate of drug-likeness (QED) is 0.594. The van der Waals surface area contributed by atoms with Crippen molar-refractivity contribution in [2.24, 2.45) is 0 Å². The summed E-state index contributed by atoms with van der Waals surface area (Å²) in [7, 11) is 0. The van der Waals surface area contributed by atoms with Crippen LogP contribution in [0.3, 0.4) is 0 Å². The number of fused-ring (bicyclic) bond motifs is 1. The molecule has 0 fully saturated rings. The molecule has 1 heterocycles. The molecule has 0 spiro atoms. The first-order valence-electron chi connectivity index (χ1n) is 6.99. The molecule has 3 aromatic rings. The molecule has 0 aliphatic rings. The Morgan fingerprint density at radius 3 is 2.57 bits per heavy atom. The Bertz CT molecular complexity index is 896. The molecule has 1 aromatic heterocycles. The summed E-state index contributed by atoms with van der Waals surface area (Å²) in [6.07, 6.45) is 0. The number of aromatic nitrogens is 2. The molecule has 6 heteroatoms. The standard InChI is InChI=1S/C17H14FN3O2/c1-10-16(21-15-5-3-2-4-14(15)20-10)9-23-17(22)12-7-6-11(18)8-13(12)19/h2-8H,9,19H2,1H3. The summed E-state index contributed by atoms with van der Waals surface area (Å²) >= 11 is 0. The van der Waals surface area contributed by atoms with Gasteiger partial charge in [-0.3, -0.25) is 0 Å². The van der Waals surface area contributed by atoms with Crippen LogP contribution in [0.15, 0.2) is 42.5 Å². The SMILES string of the molecule is Cc1nc2ccccc2nc1COC(=O)c1ccc(F)cc1N. The highest BCUT2D eigenvalue weighted by atomic mass is 19.1. The average molecular weight is 311 g/mol. The lowest BCUT2D eigenvalue weighted by Crippen LogP contribution is -2.10. The van der Waals surface area contributed by atoms with Gasteiger partial charge in [0.2, 0.25) is 0 Å². The summed E-state index contributed by atoms with van der Waals surface area (Å²) in [6, 6.07) is 11.0. The van der Waals surface area contributed by atoms with E-state index >= 15 is 0 Å². The lowest BCUT2D eigenvalue weighted by molar-refractivity contribution is 0.0468. The maximum absolute atomic E-state index is 13.0. The zero-order valence-electron chi connectivity index (χ0n) is 12.4. The van der Waals surface area contributed by atoms with Crippen molar-refractivity contribution < 1.29 is 13.9 Å². The third-order valence-corrected chi connectivity index (χ3v) is 3.42. The second-order valence-electron chi connectivity index (χ2n) is 5.05. The van der Waals surface area contributed by atoms with Crippen molar-refractivity contribution >= 4 is 22.7 Å². The lowest BCUT2D eigenvalue weighted by Gasteiger charge is -2.09. The number of nitrogens with two attached hydrogens (primary N) is 1. The predicted octanol–water partition coefficient (Wildman–Crippen LogP) is 3.02. The van der Waals surface area contributed by atoms with Crippen molar-refractivity contribution in [2.75, 3.05) is 5.73 Å². The number of carbonyl (C=O) groups is 1. The zero-order valence-corrected chi connectivity index (χ0v) is 12.4. The van der Waals surface area contributed by atoms with Gasteiger partial charge in [-0.05, 0) is 37.3 Å². The normalized spacial score (nSPS) is 10.7. The third-order valence-electron chi connectivity index (χ3n) is 3.42. The molecule has 2 N–H and O–H groups in total. The van der Waals surface area contributed by atoms with Gasteiger partial charge in [-0.15, -0.1) is 0 Å². The number of nitrogens with zero attached hydrogens (tertiary/aromatic N) is 2. The van der Waals surface area contributed by atoms with Gasteiger partial charge in [0.15, 0.2) is 0 Å². The molecule has 5 nitrogen and oxygen atoms in total. The molecule has 0 unspecified atom stereocenters. The van der Waals surface area contributed by atoms with Crippen molar-refractivity contribution in [2.45, 2.75) is 13.5 Å². The Morgan fingerprint density at radius 1 is 1.17 bits per heavy atom. The Morgan fingerprint density at radius 2 is 1.87 bits per heavy atom. The Balaban J connectivity index is 1.80. The fraction of sp³-hybridized carbons (Fsp3) is 0.118. The summed E-state index contributed by atoms with van der Waals surface area (Å²) in [6.45, 7) is 1.77. The van der Waals surface area contributed by atoms with Crippen LogP contribution in [-0.4, -0.2) is 15.9 Å². The highest BCUT2D eigenvalue weighted by Gasteiger charge is 2.14. The molecule has 0 aliphatic carbocycles. The summed E-state index contributed by atoms with van der Waals surface area (Å²) in [5, 5.41) is 0. The monoisotopic (exact) mass is 311 g/mol. The zero-order chi connectivity index (χ0) is 16.4. The number of hydrogen-bond donors (Lipinski definition) is 1. The largest absolute Gasteiger partial charge is 0.455 e. The molecule has 0 bridgehead atoms. The number of aryl methyl sites for hydroxylation is 1. The Hall–Kier alpha value is -3.02. The summed E-state index contributed by atoms with van der Waals surface area (Å²) in [4.78, 5) is 20.9. The first-order chi connectivity index (χ1) is 11.0. The van der Waals surface area contributed by atoms with Crippen molar-refractivity contribution in [3.05, 3.63) is 65.2 Å². The van der Waals surface area contributed by atoms with Gasteiger partial charge in [0.05, 0.1) is 28.0 Å². The van der Waals surface area contributed by atoms with Gasteiger partial charge in [-0.1, -0.05) is 12.1 Å². The van der Waals surface area contributed by atoms with Crippen LogP contribution in [-0.2, 0) is 11.3 Å². The molecule has 23 heavy (non-hydrogen) atoms. The number of para-hydroxylation sites is 2. The van der Waals surface area contributed by atoms with Crippen molar-refractivity contribution in [1.82, 2.24) is 9.97 Å². The van der Waals surface area contributed by atoms with Crippen molar-refractivity contribution in [1.29, 1.82) is 0 Å². The molecule has 0 saturated carbocycles. The first-order valence-corrected chi connectivity index (χ1v) is 6.99. The number of carbonyl (C=O) groups excluding carboxylic acids is 1. The molecular formula is C17H14FN3O2. The first kappa shape index (κ1) is 14.9. The van der Waals surface area contributed by atoms with E-state index in [4.69, 9.17) is 10.5 Å². The second-order valence-corrected chi connectivity index (χ2v) is 5.05. The minimum atomic E-state index is -0.628. The molecule has 116 valence electrons. The van der Waals surface area contributed by atoms with Crippen LogP contribution in [0.25, 0.3) is 11.0 Å². The number of hydrogen-bond acceptors (Lipinski definition) is 5. The van der Waals surface area contributed by atoms with E-state index < -0.39 is 11.8 Å². The van der Waals surface area contributed by atoms with Crippen LogP contribution >= 0.6 is 0 Å². The lowest BCUT2D eigenvalue weighted by atomic mass is 10.2. The van der Waals surface area contributed by atoms with E-state index in [0.29, 0.717) is 11.4 Å². The van der Waals surface area contributed by atoms with Gasteiger partial charge < -0.3 is 10.5 Å². The summed E-state index contributed by atoms with van der Waals surface area (Å²) in [5.74, 6) is -1.13. The third kappa shape index (κ3) is 3.11. The van der Waals surface area contributed by atoms with Crippen LogP contribution in [0.5, 0.6) is 0 Å². The molecule has 0 atom stereocenters. The molecular weight excluding hydrogens is 297 g/mol. The van der Waals surface area contributed by atoms with Crippen LogP contribution in [0.2, 0.25) is 0 Å². The maximum Gasteiger partial charge on any atom is 0.340 e. The number of benzene rings is 2. The van der Waals surface area contributed by atoms with Gasteiger partial charge in [0.25, 0.3) is 0 Å². The number of anilines is 1. The van der Waals surface area contributed by atoms with E-state index in [-0.39, 0.29) is 17.9 Å². The van der Waals surface area contributed by atoms with Crippen molar-refractivity contribution in [3.8, 4) is 0 Å². The Kier molecular flexibility index (Phi) is 3.89. The number of halogens is 1. The van der Waals surface area contributed by atoms with Crippen molar-refractivity contribution in [3.63, 3.8) is 0 Å². The molecule has 3 rings (SSSR count). The highest BCUT2D eigenvalue weighted by Crippen LogP contribution is 2.17. The molecule has 0 saturated heterocycles. The fourth-order valence-electron chi connectivity index (χ4n) is 2.19. The minimum absolute atomic E-state index is 0.0285. The molecule has 2 aromatic carbocycles. The average Bonchev–Trinajstić information content (AvgIpc) is 2.52. The smallest absolute Gasteiger partial charge is 0.340 e. The van der Waals surface area contributed by atoms with Gasteiger partial charge in [0.1, 0.15) is 12.4 Å².